The van der Waals surface area contributed by atoms with Gasteiger partial charge in [-0.15, -0.1) is 0 Å². The third kappa shape index (κ3) is 5.88. The number of hydrogen-bond acceptors (Lipinski definition) is 4. The van der Waals surface area contributed by atoms with E-state index < -0.39 is 0 Å². The molecule has 0 N–H and O–H groups in total. The summed E-state index contributed by atoms with van der Waals surface area (Å²) in [5.41, 5.74) is 2.05. The number of aryl methyl sites for hydroxylation is 1. The van der Waals surface area contributed by atoms with E-state index in [9.17, 15) is 4.79 Å². The molecular formula is C24H25Cl2N3O2. The van der Waals surface area contributed by atoms with E-state index in [1.165, 1.54) is 5.56 Å². The molecule has 4 rings (SSSR count). The van der Waals surface area contributed by atoms with Crippen LogP contribution in [0.4, 0.5) is 0 Å². The number of hydrogen-bond donors (Lipinski definition) is 0. The number of carbonyl (C=O) groups excluding carboxylic acids is 1. The Hall–Kier alpha value is -2.34. The first kappa shape index (κ1) is 21.9. The number of aromatic nitrogens is 1. The van der Waals surface area contributed by atoms with Crippen LogP contribution in [0, 0.1) is 0 Å². The Morgan fingerprint density at radius 1 is 1.03 bits per heavy atom. The Morgan fingerprint density at radius 3 is 2.68 bits per heavy atom. The summed E-state index contributed by atoms with van der Waals surface area (Å²) in [4.78, 5) is 21.5. The molecule has 5 nitrogen and oxygen atoms in total. The van der Waals surface area contributed by atoms with E-state index in [2.05, 4.69) is 34.1 Å². The van der Waals surface area contributed by atoms with Gasteiger partial charge in [0.15, 0.2) is 11.7 Å². The van der Waals surface area contributed by atoms with Crippen molar-refractivity contribution in [2.24, 2.45) is 0 Å². The van der Waals surface area contributed by atoms with Crippen LogP contribution in [0.5, 0.6) is 0 Å². The molecule has 1 aliphatic heterocycles. The van der Waals surface area contributed by atoms with Crippen LogP contribution < -0.4 is 0 Å². The smallest absolute Gasteiger partial charge is 0.223 e. The van der Waals surface area contributed by atoms with Gasteiger partial charge in [0.05, 0.1) is 11.2 Å². The lowest BCUT2D eigenvalue weighted by molar-refractivity contribution is -0.131. The van der Waals surface area contributed by atoms with Crippen molar-refractivity contribution in [3.63, 3.8) is 0 Å². The van der Waals surface area contributed by atoms with Gasteiger partial charge in [-0.25, -0.2) is 4.98 Å². The molecule has 1 aromatic heterocycles. The van der Waals surface area contributed by atoms with E-state index in [1.807, 2.05) is 11.0 Å². The number of benzene rings is 2. The molecule has 2 heterocycles. The molecule has 0 atom stereocenters. The largest absolute Gasteiger partial charge is 0.441 e. The molecule has 0 aliphatic carbocycles. The third-order valence-electron chi connectivity index (χ3n) is 5.49. The first-order chi connectivity index (χ1) is 15.1. The lowest BCUT2D eigenvalue weighted by atomic mass is 10.2. The van der Waals surface area contributed by atoms with Crippen molar-refractivity contribution in [2.45, 2.75) is 25.8 Å². The first-order valence-electron chi connectivity index (χ1n) is 10.5. The normalized spacial score (nSPS) is 15.1. The van der Waals surface area contributed by atoms with Gasteiger partial charge in [0.1, 0.15) is 0 Å². The van der Waals surface area contributed by atoms with Gasteiger partial charge < -0.3 is 9.32 Å². The summed E-state index contributed by atoms with van der Waals surface area (Å²) >= 11 is 12.2. The highest BCUT2D eigenvalue weighted by molar-refractivity contribution is 6.36. The van der Waals surface area contributed by atoms with Crippen LogP contribution in [0.1, 0.15) is 24.3 Å². The summed E-state index contributed by atoms with van der Waals surface area (Å²) in [7, 11) is 0. The minimum atomic E-state index is 0.144. The average molecular weight is 458 g/mol. The van der Waals surface area contributed by atoms with Crippen molar-refractivity contribution in [3.8, 4) is 11.3 Å². The van der Waals surface area contributed by atoms with Crippen LogP contribution in [-0.4, -0.2) is 46.9 Å². The fourth-order valence-corrected chi connectivity index (χ4v) is 4.33. The van der Waals surface area contributed by atoms with Gasteiger partial charge >= 0.3 is 0 Å². The minimum absolute atomic E-state index is 0.144. The lowest BCUT2D eigenvalue weighted by Crippen LogP contribution is -2.35. The van der Waals surface area contributed by atoms with Crippen molar-refractivity contribution in [1.82, 2.24) is 14.8 Å². The molecule has 2 aromatic carbocycles. The molecule has 1 saturated heterocycles. The molecule has 7 heteroatoms. The fourth-order valence-electron chi connectivity index (χ4n) is 3.83. The maximum atomic E-state index is 12.8. The van der Waals surface area contributed by atoms with Crippen molar-refractivity contribution in [1.29, 1.82) is 0 Å². The topological polar surface area (TPSA) is 49.6 Å². The summed E-state index contributed by atoms with van der Waals surface area (Å²) in [5.74, 6) is 1.26. The van der Waals surface area contributed by atoms with E-state index in [1.54, 1.807) is 24.4 Å². The number of halogens is 2. The number of rotatable bonds is 6. The number of amides is 1. The summed E-state index contributed by atoms with van der Waals surface area (Å²) in [6.45, 7) is 4.36. The van der Waals surface area contributed by atoms with Gasteiger partial charge in [-0.2, -0.15) is 0 Å². The summed E-state index contributed by atoms with van der Waals surface area (Å²) in [6, 6.07) is 15.7. The third-order valence-corrected chi connectivity index (χ3v) is 6.04. The predicted octanol–water partition coefficient (Wildman–Crippen LogP) is 5.32. The maximum absolute atomic E-state index is 12.8. The fraction of sp³-hybridized carbons (Fsp3) is 0.333. The quantitative estimate of drug-likeness (QED) is 0.502. The molecule has 0 bridgehead atoms. The Morgan fingerprint density at radius 2 is 1.87 bits per heavy atom. The summed E-state index contributed by atoms with van der Waals surface area (Å²) in [6.07, 6.45) is 3.47. The van der Waals surface area contributed by atoms with E-state index in [-0.39, 0.29) is 5.91 Å². The zero-order chi connectivity index (χ0) is 21.6. The van der Waals surface area contributed by atoms with Gasteiger partial charge in [-0.1, -0.05) is 53.5 Å². The Bertz CT molecular complexity index is 1020. The SMILES string of the molecule is O=C(CCc1ncc(-c2ccc(Cl)cc2Cl)o1)N1CCCN(Cc2ccccc2)CC1. The summed E-state index contributed by atoms with van der Waals surface area (Å²) < 4.78 is 5.82. The monoisotopic (exact) mass is 457 g/mol. The Kier molecular flexibility index (Phi) is 7.28. The van der Waals surface area contributed by atoms with Gasteiger partial charge in [0, 0.05) is 56.2 Å². The van der Waals surface area contributed by atoms with Gasteiger partial charge in [-0.05, 0) is 30.2 Å². The van der Waals surface area contributed by atoms with E-state index in [4.69, 9.17) is 27.6 Å². The molecule has 1 amide bonds. The highest BCUT2D eigenvalue weighted by Crippen LogP contribution is 2.30. The molecule has 0 spiro atoms. The lowest BCUT2D eigenvalue weighted by Gasteiger charge is -2.22. The predicted molar refractivity (Wildman–Crippen MR) is 123 cm³/mol. The first-order valence-corrected chi connectivity index (χ1v) is 11.3. The Labute approximate surface area is 192 Å². The van der Waals surface area contributed by atoms with Crippen LogP contribution in [-0.2, 0) is 17.8 Å². The minimum Gasteiger partial charge on any atom is -0.441 e. The molecule has 1 aliphatic rings. The second-order valence-electron chi connectivity index (χ2n) is 7.74. The molecule has 0 saturated carbocycles. The molecule has 1 fully saturated rings. The molecule has 0 unspecified atom stereocenters. The van der Waals surface area contributed by atoms with E-state index in [0.29, 0.717) is 34.5 Å². The van der Waals surface area contributed by atoms with Crippen molar-refractivity contribution in [3.05, 3.63) is 76.2 Å². The van der Waals surface area contributed by atoms with E-state index in [0.717, 1.165) is 44.7 Å². The summed E-state index contributed by atoms with van der Waals surface area (Å²) in [5, 5.41) is 1.08. The highest BCUT2D eigenvalue weighted by atomic mass is 35.5. The number of carbonyl (C=O) groups is 1. The zero-order valence-corrected chi connectivity index (χ0v) is 18.8. The van der Waals surface area contributed by atoms with Gasteiger partial charge in [-0.3, -0.25) is 9.69 Å². The second kappa shape index (κ2) is 10.3. The van der Waals surface area contributed by atoms with Crippen LogP contribution in [0.3, 0.4) is 0 Å². The van der Waals surface area contributed by atoms with Crippen molar-refractivity contribution < 1.29 is 9.21 Å². The zero-order valence-electron chi connectivity index (χ0n) is 17.3. The maximum Gasteiger partial charge on any atom is 0.223 e. The van der Waals surface area contributed by atoms with Gasteiger partial charge in [0.2, 0.25) is 5.91 Å². The molecule has 31 heavy (non-hydrogen) atoms. The molecule has 162 valence electrons. The molecular weight excluding hydrogens is 433 g/mol. The van der Waals surface area contributed by atoms with Crippen LogP contribution in [0.2, 0.25) is 10.0 Å². The van der Waals surface area contributed by atoms with Crippen LogP contribution >= 0.6 is 23.2 Å². The second-order valence-corrected chi connectivity index (χ2v) is 8.58. The standard InChI is InChI=1S/C24H25Cl2N3O2/c25-19-7-8-20(21(26)15-19)22-16-27-23(31-22)9-10-24(30)29-12-4-11-28(13-14-29)17-18-5-2-1-3-6-18/h1-3,5-8,15-16H,4,9-14,17H2. The molecule has 0 radical (unpaired) electrons. The highest BCUT2D eigenvalue weighted by Gasteiger charge is 2.20. The van der Waals surface area contributed by atoms with Gasteiger partial charge in [0.25, 0.3) is 0 Å². The van der Waals surface area contributed by atoms with E-state index >= 15 is 0 Å². The molecule has 3 aromatic rings. The van der Waals surface area contributed by atoms with Crippen LogP contribution in [0.25, 0.3) is 11.3 Å². The number of oxazole rings is 1. The van der Waals surface area contributed by atoms with Crippen molar-refractivity contribution >= 4 is 29.1 Å². The van der Waals surface area contributed by atoms with Crippen molar-refractivity contribution in [2.75, 3.05) is 26.2 Å². The average Bonchev–Trinajstić information content (AvgIpc) is 3.11. The Balaban J connectivity index is 1.28. The number of nitrogens with zero attached hydrogens (tertiary/aromatic N) is 3. The van der Waals surface area contributed by atoms with Crippen LogP contribution in [0.15, 0.2) is 59.1 Å².